The number of carbonyl (C=O) groups is 2. The van der Waals surface area contributed by atoms with Gasteiger partial charge in [0, 0.05) is 19.5 Å². The number of oxazole rings is 1. The number of esters is 1. The Bertz CT molecular complexity index is 567. The lowest BCUT2D eigenvalue weighted by Gasteiger charge is -2.16. The van der Waals surface area contributed by atoms with Crippen molar-refractivity contribution in [3.63, 3.8) is 0 Å². The van der Waals surface area contributed by atoms with Gasteiger partial charge < -0.3 is 31.7 Å². The van der Waals surface area contributed by atoms with E-state index < -0.39 is 17.9 Å². The fraction of sp³-hybridized carbons (Fsp3) is 0.571. The Balaban J connectivity index is 2.66. The molecule has 7 N–H and O–H groups in total. The number of amides is 1. The van der Waals surface area contributed by atoms with Crippen LogP contribution in [0.25, 0.3) is 0 Å². The van der Waals surface area contributed by atoms with E-state index in [2.05, 4.69) is 15.3 Å². The van der Waals surface area contributed by atoms with Gasteiger partial charge in [-0.15, -0.1) is 0 Å². The Morgan fingerprint density at radius 3 is 2.83 bits per heavy atom. The number of nitrogens with zero attached hydrogens (tertiary/aromatic N) is 2. The molecule has 0 saturated heterocycles. The predicted octanol–water partition coefficient (Wildman–Crippen LogP) is -1.11. The van der Waals surface area contributed by atoms with Gasteiger partial charge in [-0.3, -0.25) is 9.79 Å². The molecule has 24 heavy (non-hydrogen) atoms. The SMILES string of the molecule is CCOC(=O)C(CCCN=C(N)N)NC(=O)c1coc(CCN)n1. The lowest BCUT2D eigenvalue weighted by Crippen LogP contribution is -2.42. The van der Waals surface area contributed by atoms with Crippen LogP contribution in [0.4, 0.5) is 0 Å². The van der Waals surface area contributed by atoms with Crippen LogP contribution in [0.15, 0.2) is 15.7 Å². The van der Waals surface area contributed by atoms with E-state index in [4.69, 9.17) is 26.4 Å². The van der Waals surface area contributed by atoms with Crippen molar-refractivity contribution < 1.29 is 18.7 Å². The minimum Gasteiger partial charge on any atom is -0.464 e. The first-order chi connectivity index (χ1) is 11.5. The van der Waals surface area contributed by atoms with Crippen LogP contribution >= 0.6 is 0 Å². The largest absolute Gasteiger partial charge is 0.464 e. The van der Waals surface area contributed by atoms with Gasteiger partial charge in [0.2, 0.25) is 0 Å². The molecular formula is C14H24N6O4. The van der Waals surface area contributed by atoms with Gasteiger partial charge in [0.05, 0.1) is 6.61 Å². The van der Waals surface area contributed by atoms with Gasteiger partial charge in [-0.25, -0.2) is 9.78 Å². The van der Waals surface area contributed by atoms with Gasteiger partial charge >= 0.3 is 5.97 Å². The number of rotatable bonds is 10. The van der Waals surface area contributed by atoms with Gasteiger partial charge in [-0.1, -0.05) is 0 Å². The van der Waals surface area contributed by atoms with Crippen molar-refractivity contribution in [2.24, 2.45) is 22.2 Å². The highest BCUT2D eigenvalue weighted by atomic mass is 16.5. The van der Waals surface area contributed by atoms with Gasteiger partial charge in [0.25, 0.3) is 5.91 Å². The molecule has 0 aliphatic heterocycles. The van der Waals surface area contributed by atoms with Crippen molar-refractivity contribution in [1.29, 1.82) is 0 Å². The number of nitrogens with two attached hydrogens (primary N) is 3. The van der Waals surface area contributed by atoms with E-state index in [1.807, 2.05) is 0 Å². The smallest absolute Gasteiger partial charge is 0.328 e. The van der Waals surface area contributed by atoms with Gasteiger partial charge in [-0.05, 0) is 19.8 Å². The molecule has 0 radical (unpaired) electrons. The van der Waals surface area contributed by atoms with Crippen LogP contribution in [0.1, 0.15) is 36.1 Å². The molecule has 1 rings (SSSR count). The first-order valence-electron chi connectivity index (χ1n) is 7.65. The number of hydrogen-bond acceptors (Lipinski definition) is 7. The van der Waals surface area contributed by atoms with Crippen LogP contribution < -0.4 is 22.5 Å². The number of aromatic nitrogens is 1. The quantitative estimate of drug-likeness (QED) is 0.180. The summed E-state index contributed by atoms with van der Waals surface area (Å²) in [5, 5.41) is 2.58. The highest BCUT2D eigenvalue weighted by Crippen LogP contribution is 2.06. The Hall–Kier alpha value is -2.62. The van der Waals surface area contributed by atoms with E-state index >= 15 is 0 Å². The van der Waals surface area contributed by atoms with Crippen LogP contribution in [0, 0.1) is 0 Å². The maximum atomic E-state index is 12.2. The molecule has 1 heterocycles. The molecule has 0 spiro atoms. The summed E-state index contributed by atoms with van der Waals surface area (Å²) in [4.78, 5) is 32.0. The van der Waals surface area contributed by atoms with Crippen LogP contribution in [0.5, 0.6) is 0 Å². The summed E-state index contributed by atoms with van der Waals surface area (Å²) in [6, 6.07) is -0.818. The van der Waals surface area contributed by atoms with Crippen LogP contribution in [0.3, 0.4) is 0 Å². The minimum atomic E-state index is -0.818. The lowest BCUT2D eigenvalue weighted by molar-refractivity contribution is -0.145. The molecule has 1 atom stereocenters. The van der Waals surface area contributed by atoms with E-state index in [0.29, 0.717) is 38.2 Å². The molecule has 1 aromatic heterocycles. The lowest BCUT2D eigenvalue weighted by atomic mass is 10.1. The molecule has 0 aliphatic rings. The average molecular weight is 340 g/mol. The molecule has 0 aliphatic carbocycles. The summed E-state index contributed by atoms with van der Waals surface area (Å²) in [6.07, 6.45) is 2.48. The standard InChI is InChI=1S/C14H24N6O4/c1-2-23-13(22)9(4-3-7-18-14(16)17)20-12(21)10-8-24-11(19-10)5-6-15/h8-9H,2-7,15H2,1H3,(H,20,21)(H4,16,17,18). The highest BCUT2D eigenvalue weighted by molar-refractivity contribution is 5.94. The van der Waals surface area contributed by atoms with Crippen LogP contribution in [0.2, 0.25) is 0 Å². The number of hydrogen-bond donors (Lipinski definition) is 4. The average Bonchev–Trinajstić information content (AvgIpc) is 2.99. The molecule has 0 fully saturated rings. The number of aliphatic imine (C=N–C) groups is 1. The molecule has 0 bridgehead atoms. The van der Waals surface area contributed by atoms with E-state index in [-0.39, 0.29) is 18.3 Å². The van der Waals surface area contributed by atoms with Gasteiger partial charge in [-0.2, -0.15) is 0 Å². The van der Waals surface area contributed by atoms with Crippen molar-refractivity contribution in [2.75, 3.05) is 19.7 Å². The van der Waals surface area contributed by atoms with Crippen molar-refractivity contribution in [3.8, 4) is 0 Å². The predicted molar refractivity (Wildman–Crippen MR) is 87.1 cm³/mol. The summed E-state index contributed by atoms with van der Waals surface area (Å²) < 4.78 is 10.1. The maximum Gasteiger partial charge on any atom is 0.328 e. The minimum absolute atomic E-state index is 0.0262. The first-order valence-corrected chi connectivity index (χ1v) is 7.65. The zero-order valence-corrected chi connectivity index (χ0v) is 13.7. The molecule has 0 saturated carbocycles. The molecular weight excluding hydrogens is 316 g/mol. The third kappa shape index (κ3) is 6.65. The number of ether oxygens (including phenoxy) is 1. The van der Waals surface area contributed by atoms with Crippen molar-refractivity contribution in [2.45, 2.75) is 32.2 Å². The summed E-state index contributed by atoms with van der Waals surface area (Å²) in [6.45, 7) is 2.60. The third-order valence-electron chi connectivity index (χ3n) is 2.96. The monoisotopic (exact) mass is 340 g/mol. The van der Waals surface area contributed by atoms with Crippen molar-refractivity contribution >= 4 is 17.8 Å². The summed E-state index contributed by atoms with van der Waals surface area (Å²) >= 11 is 0. The molecule has 10 heteroatoms. The summed E-state index contributed by atoms with van der Waals surface area (Å²) in [7, 11) is 0. The van der Waals surface area contributed by atoms with Crippen LogP contribution in [-0.4, -0.2) is 48.6 Å². The fourth-order valence-corrected chi connectivity index (χ4v) is 1.88. The zero-order chi connectivity index (χ0) is 17.9. The molecule has 134 valence electrons. The molecule has 0 aromatic carbocycles. The van der Waals surface area contributed by atoms with E-state index in [0.717, 1.165) is 0 Å². The van der Waals surface area contributed by atoms with Crippen molar-refractivity contribution in [1.82, 2.24) is 10.3 Å². The number of guanidine groups is 1. The Labute approximate surface area is 139 Å². The maximum absolute atomic E-state index is 12.2. The molecule has 1 unspecified atom stereocenters. The van der Waals surface area contributed by atoms with Gasteiger partial charge in [0.15, 0.2) is 17.5 Å². The topological polar surface area (TPSA) is 172 Å². The van der Waals surface area contributed by atoms with E-state index in [1.165, 1.54) is 6.26 Å². The second-order valence-corrected chi connectivity index (χ2v) is 4.89. The Morgan fingerprint density at radius 1 is 1.46 bits per heavy atom. The molecule has 1 amide bonds. The second-order valence-electron chi connectivity index (χ2n) is 4.89. The summed E-state index contributed by atoms with van der Waals surface area (Å²) in [5.41, 5.74) is 16.0. The normalized spacial score (nSPS) is 11.6. The van der Waals surface area contributed by atoms with Crippen LogP contribution in [-0.2, 0) is 16.0 Å². The second kappa shape index (κ2) is 10.2. The zero-order valence-electron chi connectivity index (χ0n) is 13.7. The van der Waals surface area contributed by atoms with Gasteiger partial charge in [0.1, 0.15) is 12.3 Å². The fourth-order valence-electron chi connectivity index (χ4n) is 1.88. The molecule has 10 nitrogen and oxygen atoms in total. The van der Waals surface area contributed by atoms with E-state index in [9.17, 15) is 9.59 Å². The van der Waals surface area contributed by atoms with Crippen molar-refractivity contribution in [3.05, 3.63) is 17.8 Å². The third-order valence-corrected chi connectivity index (χ3v) is 2.96. The number of nitrogens with one attached hydrogen (secondary N) is 1. The Morgan fingerprint density at radius 2 is 2.21 bits per heavy atom. The Kier molecular flexibility index (Phi) is 8.26. The van der Waals surface area contributed by atoms with E-state index in [1.54, 1.807) is 6.92 Å². The highest BCUT2D eigenvalue weighted by Gasteiger charge is 2.23. The first kappa shape index (κ1) is 19.4. The summed E-state index contributed by atoms with van der Waals surface area (Å²) in [5.74, 6) is -0.715. The number of carbonyl (C=O) groups excluding carboxylic acids is 2. The molecule has 1 aromatic rings.